The molecule has 0 aliphatic carbocycles. The van der Waals surface area contributed by atoms with Gasteiger partial charge >= 0.3 is 0 Å². The maximum atomic E-state index is 12.3. The molecule has 2 rings (SSSR count). The van der Waals surface area contributed by atoms with E-state index in [4.69, 9.17) is 16.3 Å². The molecule has 1 amide bonds. The molecule has 1 heterocycles. The lowest BCUT2D eigenvalue weighted by atomic mass is 10.1. The van der Waals surface area contributed by atoms with Gasteiger partial charge in [0.2, 0.25) is 5.91 Å². The van der Waals surface area contributed by atoms with Gasteiger partial charge in [-0.05, 0) is 39.8 Å². The second-order valence-electron chi connectivity index (χ2n) is 7.57. The van der Waals surface area contributed by atoms with Gasteiger partial charge in [0.15, 0.2) is 0 Å². The molecule has 1 atom stereocenters. The Labute approximate surface area is 156 Å². The SMILES string of the molecule is CC(C(=O)NC(C)(C)C)N1CCN(CCOc2ccccc2Cl)CC1. The Morgan fingerprint density at radius 2 is 1.88 bits per heavy atom. The molecule has 0 saturated carbocycles. The molecule has 0 radical (unpaired) electrons. The molecular formula is C19H30ClN3O2. The summed E-state index contributed by atoms with van der Waals surface area (Å²) in [7, 11) is 0. The van der Waals surface area contributed by atoms with Gasteiger partial charge in [0.25, 0.3) is 0 Å². The van der Waals surface area contributed by atoms with Crippen molar-refractivity contribution in [2.24, 2.45) is 0 Å². The zero-order valence-electron chi connectivity index (χ0n) is 15.7. The standard InChI is InChI=1S/C19H30ClN3O2/c1-15(18(24)21-19(2,3)4)23-11-9-22(10-12-23)13-14-25-17-8-6-5-7-16(17)20/h5-8,15H,9-14H2,1-4H3,(H,21,24). The van der Waals surface area contributed by atoms with Gasteiger partial charge in [-0.1, -0.05) is 23.7 Å². The lowest BCUT2D eigenvalue weighted by Crippen LogP contribution is -2.56. The van der Waals surface area contributed by atoms with Crippen molar-refractivity contribution in [1.82, 2.24) is 15.1 Å². The van der Waals surface area contributed by atoms with E-state index in [-0.39, 0.29) is 17.5 Å². The number of hydrogen-bond donors (Lipinski definition) is 1. The van der Waals surface area contributed by atoms with Gasteiger partial charge in [-0.2, -0.15) is 0 Å². The molecule has 0 bridgehead atoms. The van der Waals surface area contributed by atoms with E-state index in [1.54, 1.807) is 0 Å². The van der Waals surface area contributed by atoms with Crippen LogP contribution in [0.5, 0.6) is 5.75 Å². The summed E-state index contributed by atoms with van der Waals surface area (Å²) in [5.74, 6) is 0.832. The van der Waals surface area contributed by atoms with Crippen LogP contribution in [0.4, 0.5) is 0 Å². The molecule has 6 heteroatoms. The summed E-state index contributed by atoms with van der Waals surface area (Å²) in [6.45, 7) is 13.2. The second kappa shape index (κ2) is 8.88. The third-order valence-electron chi connectivity index (χ3n) is 4.33. The lowest BCUT2D eigenvalue weighted by Gasteiger charge is -2.38. The number of piperazine rings is 1. The van der Waals surface area contributed by atoms with Crippen LogP contribution in [0.3, 0.4) is 0 Å². The number of nitrogens with zero attached hydrogens (tertiary/aromatic N) is 2. The van der Waals surface area contributed by atoms with Crippen molar-refractivity contribution in [3.8, 4) is 5.75 Å². The van der Waals surface area contributed by atoms with Crippen molar-refractivity contribution in [2.75, 3.05) is 39.3 Å². The molecule has 1 N–H and O–H groups in total. The lowest BCUT2D eigenvalue weighted by molar-refractivity contribution is -0.128. The minimum atomic E-state index is -0.191. The number of carbonyl (C=O) groups is 1. The van der Waals surface area contributed by atoms with Gasteiger partial charge in [0.1, 0.15) is 12.4 Å². The fourth-order valence-corrected chi connectivity index (χ4v) is 3.05. The molecule has 1 unspecified atom stereocenters. The fourth-order valence-electron chi connectivity index (χ4n) is 2.86. The third-order valence-corrected chi connectivity index (χ3v) is 4.65. The molecule has 1 aliphatic heterocycles. The van der Waals surface area contributed by atoms with E-state index in [2.05, 4.69) is 15.1 Å². The summed E-state index contributed by atoms with van der Waals surface area (Å²) in [6, 6.07) is 7.44. The maximum Gasteiger partial charge on any atom is 0.237 e. The molecule has 140 valence electrons. The maximum absolute atomic E-state index is 12.3. The monoisotopic (exact) mass is 367 g/mol. The van der Waals surface area contributed by atoms with Crippen LogP contribution in [0.15, 0.2) is 24.3 Å². The topological polar surface area (TPSA) is 44.8 Å². The van der Waals surface area contributed by atoms with Gasteiger partial charge in [0, 0.05) is 38.3 Å². The predicted octanol–water partition coefficient (Wildman–Crippen LogP) is 2.64. The van der Waals surface area contributed by atoms with Gasteiger partial charge in [0.05, 0.1) is 11.1 Å². The Balaban J connectivity index is 1.71. The number of ether oxygens (including phenoxy) is 1. The number of para-hydroxylation sites is 1. The number of nitrogens with one attached hydrogen (secondary N) is 1. The second-order valence-corrected chi connectivity index (χ2v) is 7.98. The van der Waals surface area contributed by atoms with Gasteiger partial charge in [-0.25, -0.2) is 0 Å². The average molecular weight is 368 g/mol. The van der Waals surface area contributed by atoms with Gasteiger partial charge < -0.3 is 10.1 Å². The Morgan fingerprint density at radius 1 is 1.24 bits per heavy atom. The Hall–Kier alpha value is -1.30. The minimum Gasteiger partial charge on any atom is -0.491 e. The van der Waals surface area contributed by atoms with E-state index >= 15 is 0 Å². The van der Waals surface area contributed by atoms with Crippen LogP contribution in [-0.2, 0) is 4.79 Å². The van der Waals surface area contributed by atoms with E-state index in [0.29, 0.717) is 11.6 Å². The van der Waals surface area contributed by atoms with E-state index in [1.165, 1.54) is 0 Å². The zero-order valence-corrected chi connectivity index (χ0v) is 16.5. The van der Waals surface area contributed by atoms with Crippen LogP contribution in [0, 0.1) is 0 Å². The molecule has 1 aromatic carbocycles. The third kappa shape index (κ3) is 6.49. The predicted molar refractivity (Wildman–Crippen MR) is 102 cm³/mol. The number of benzene rings is 1. The highest BCUT2D eigenvalue weighted by Crippen LogP contribution is 2.22. The molecule has 1 fully saturated rings. The minimum absolute atomic E-state index is 0.0965. The molecule has 25 heavy (non-hydrogen) atoms. The molecule has 5 nitrogen and oxygen atoms in total. The summed E-state index contributed by atoms with van der Waals surface area (Å²) in [5, 5.41) is 3.70. The van der Waals surface area contributed by atoms with Crippen LogP contribution in [0.2, 0.25) is 5.02 Å². The van der Waals surface area contributed by atoms with Crippen molar-refractivity contribution < 1.29 is 9.53 Å². The number of halogens is 1. The Kier molecular flexibility index (Phi) is 7.11. The highest BCUT2D eigenvalue weighted by atomic mass is 35.5. The van der Waals surface area contributed by atoms with Crippen LogP contribution in [-0.4, -0.2) is 66.6 Å². The first-order valence-corrected chi connectivity index (χ1v) is 9.30. The summed E-state index contributed by atoms with van der Waals surface area (Å²) < 4.78 is 5.76. The fraction of sp³-hybridized carbons (Fsp3) is 0.632. The molecular weight excluding hydrogens is 338 g/mol. The van der Waals surface area contributed by atoms with Crippen molar-refractivity contribution in [3.63, 3.8) is 0 Å². The summed E-state index contributed by atoms with van der Waals surface area (Å²) in [4.78, 5) is 16.9. The highest BCUT2D eigenvalue weighted by molar-refractivity contribution is 6.32. The molecule has 1 aromatic rings. The van der Waals surface area contributed by atoms with E-state index in [0.717, 1.165) is 38.5 Å². The Morgan fingerprint density at radius 3 is 2.48 bits per heavy atom. The largest absolute Gasteiger partial charge is 0.491 e. The normalized spacial score (nSPS) is 18.0. The number of rotatable bonds is 6. The first kappa shape index (κ1) is 20.0. The van der Waals surface area contributed by atoms with Crippen molar-refractivity contribution in [3.05, 3.63) is 29.3 Å². The van der Waals surface area contributed by atoms with E-state index in [1.807, 2.05) is 52.0 Å². The number of amides is 1. The van der Waals surface area contributed by atoms with Gasteiger partial charge in [-0.3, -0.25) is 14.6 Å². The van der Waals surface area contributed by atoms with E-state index in [9.17, 15) is 4.79 Å². The summed E-state index contributed by atoms with van der Waals surface area (Å²) in [5.41, 5.74) is -0.191. The molecule has 0 spiro atoms. The molecule has 1 saturated heterocycles. The zero-order chi connectivity index (χ0) is 18.4. The first-order valence-electron chi connectivity index (χ1n) is 8.92. The highest BCUT2D eigenvalue weighted by Gasteiger charge is 2.27. The molecule has 0 aromatic heterocycles. The summed E-state index contributed by atoms with van der Waals surface area (Å²) >= 11 is 6.09. The average Bonchev–Trinajstić information content (AvgIpc) is 2.55. The van der Waals surface area contributed by atoms with Crippen LogP contribution >= 0.6 is 11.6 Å². The quantitative estimate of drug-likeness (QED) is 0.839. The first-order chi connectivity index (χ1) is 11.8. The summed E-state index contributed by atoms with van der Waals surface area (Å²) in [6.07, 6.45) is 0. The van der Waals surface area contributed by atoms with Crippen molar-refractivity contribution >= 4 is 17.5 Å². The van der Waals surface area contributed by atoms with Crippen LogP contribution in [0.1, 0.15) is 27.7 Å². The van der Waals surface area contributed by atoms with Gasteiger partial charge in [-0.15, -0.1) is 0 Å². The Bertz CT molecular complexity index is 566. The van der Waals surface area contributed by atoms with E-state index < -0.39 is 0 Å². The number of carbonyl (C=O) groups excluding carboxylic acids is 1. The van der Waals surface area contributed by atoms with Crippen molar-refractivity contribution in [2.45, 2.75) is 39.3 Å². The van der Waals surface area contributed by atoms with Crippen LogP contribution < -0.4 is 10.1 Å². The van der Waals surface area contributed by atoms with Crippen LogP contribution in [0.25, 0.3) is 0 Å². The smallest absolute Gasteiger partial charge is 0.237 e. The number of hydrogen-bond acceptors (Lipinski definition) is 4. The van der Waals surface area contributed by atoms with Crippen molar-refractivity contribution in [1.29, 1.82) is 0 Å². The molecule has 1 aliphatic rings.